The molecule has 0 radical (unpaired) electrons. The predicted octanol–water partition coefficient (Wildman–Crippen LogP) is 6.04. The molecule has 2 unspecified atom stereocenters. The molecule has 0 saturated heterocycles. The number of benzene rings is 3. The molecule has 2 amide bonds. The van der Waals surface area contributed by atoms with Crippen LogP contribution in [0.1, 0.15) is 43.6 Å². The van der Waals surface area contributed by atoms with Crippen LogP contribution in [0.15, 0.2) is 84.0 Å². The Morgan fingerprint density at radius 1 is 1.03 bits per heavy atom. The lowest BCUT2D eigenvalue weighted by Gasteiger charge is -2.30. The second-order valence-electron chi connectivity index (χ2n) is 9.29. The average molecular weight is 475 g/mol. The smallest absolute Gasteiger partial charge is 0.421 e. The van der Waals surface area contributed by atoms with Crippen molar-refractivity contribution in [3.8, 4) is 0 Å². The number of hydrogen-bond acceptors (Lipinski definition) is 5. The summed E-state index contributed by atoms with van der Waals surface area (Å²) in [7, 11) is 0. The molecule has 0 N–H and O–H groups in total. The summed E-state index contributed by atoms with van der Waals surface area (Å²) < 4.78 is 5.62. The number of oxime groups is 1. The summed E-state index contributed by atoms with van der Waals surface area (Å²) in [5.74, 6) is -0.479. The summed E-state index contributed by atoms with van der Waals surface area (Å²) in [5.41, 5.74) is 0.717. The molecule has 2 atom stereocenters. The number of fused-ring (bicyclic) bond motifs is 2. The highest BCUT2D eigenvalue weighted by Crippen LogP contribution is 2.55. The Balaban J connectivity index is 1.76. The van der Waals surface area contributed by atoms with Crippen molar-refractivity contribution in [2.45, 2.75) is 37.9 Å². The van der Waals surface area contributed by atoms with Gasteiger partial charge in [0.1, 0.15) is 11.3 Å². The molecule has 6 nitrogen and oxygen atoms in total. The van der Waals surface area contributed by atoms with Crippen molar-refractivity contribution in [1.82, 2.24) is 0 Å². The van der Waals surface area contributed by atoms with E-state index in [1.165, 1.54) is 0 Å². The quantitative estimate of drug-likeness (QED) is 0.454. The lowest BCUT2D eigenvalue weighted by Crippen LogP contribution is -2.50. The third-order valence-corrected chi connectivity index (χ3v) is 6.14. The van der Waals surface area contributed by atoms with Gasteiger partial charge in [-0.1, -0.05) is 77.4 Å². The Hall–Kier alpha value is -3.64. The Bertz CT molecular complexity index is 1320. The second-order valence-corrected chi connectivity index (χ2v) is 9.73. The molecule has 2 aliphatic heterocycles. The number of nitrogens with zero attached hydrogens (tertiary/aromatic N) is 2. The van der Waals surface area contributed by atoms with Gasteiger partial charge < -0.3 is 9.57 Å². The number of para-hydroxylation sites is 1. The van der Waals surface area contributed by atoms with E-state index in [-0.39, 0.29) is 0 Å². The van der Waals surface area contributed by atoms with E-state index >= 15 is 0 Å². The van der Waals surface area contributed by atoms with Crippen molar-refractivity contribution >= 4 is 35.0 Å². The maximum absolute atomic E-state index is 14.4. The molecule has 2 aliphatic rings. The van der Waals surface area contributed by atoms with E-state index in [4.69, 9.17) is 21.2 Å². The number of ether oxygens (including phenoxy) is 1. The van der Waals surface area contributed by atoms with Crippen molar-refractivity contribution in [2.75, 3.05) is 4.90 Å². The van der Waals surface area contributed by atoms with E-state index < -0.39 is 29.1 Å². The number of imide groups is 1. The number of hydrogen-bond donors (Lipinski definition) is 0. The molecule has 3 aromatic rings. The number of anilines is 1. The van der Waals surface area contributed by atoms with Crippen molar-refractivity contribution in [1.29, 1.82) is 0 Å². The summed E-state index contributed by atoms with van der Waals surface area (Å²) in [5, 5.41) is 4.93. The summed E-state index contributed by atoms with van der Waals surface area (Å²) in [6.45, 7) is 5.28. The number of carbonyl (C=O) groups excluding carboxylic acids is 2. The first-order valence-electron chi connectivity index (χ1n) is 11.0. The fourth-order valence-electron chi connectivity index (χ4n) is 4.61. The lowest BCUT2D eigenvalue weighted by atomic mass is 9.69. The highest BCUT2D eigenvalue weighted by molar-refractivity contribution is 6.34. The zero-order valence-electron chi connectivity index (χ0n) is 19.0. The maximum atomic E-state index is 14.4. The van der Waals surface area contributed by atoms with Crippen molar-refractivity contribution < 1.29 is 19.2 Å². The number of amides is 2. The second kappa shape index (κ2) is 7.99. The first-order valence-corrected chi connectivity index (χ1v) is 11.3. The Morgan fingerprint density at radius 2 is 1.74 bits per heavy atom. The van der Waals surface area contributed by atoms with Gasteiger partial charge in [-0.3, -0.25) is 4.79 Å². The molecule has 0 bridgehead atoms. The standard InChI is InChI=1S/C27H23ClN2O4/c1-26(2,3)33-25(32)30-21-15-8-7-14-20(21)27(24(30)31)22(17-10-5-4-6-11-17)29-34-23(27)18-12-9-13-19(28)16-18/h4-16,23H,1-3H3. The fraction of sp³-hybridized carbons (Fsp3) is 0.222. The molecule has 0 aliphatic carbocycles. The number of rotatable bonds is 2. The topological polar surface area (TPSA) is 68.2 Å². The third kappa shape index (κ3) is 3.37. The van der Waals surface area contributed by atoms with Gasteiger partial charge in [0.05, 0.1) is 5.69 Å². The molecule has 1 spiro atoms. The van der Waals surface area contributed by atoms with Gasteiger partial charge in [-0.05, 0) is 44.5 Å². The Labute approximate surface area is 202 Å². The first-order chi connectivity index (χ1) is 16.2. The third-order valence-electron chi connectivity index (χ3n) is 5.90. The van der Waals surface area contributed by atoms with E-state index in [1.807, 2.05) is 48.5 Å². The molecule has 5 rings (SSSR count). The van der Waals surface area contributed by atoms with E-state index in [9.17, 15) is 9.59 Å². The molecule has 0 aromatic heterocycles. The van der Waals surface area contributed by atoms with Gasteiger partial charge in [-0.15, -0.1) is 0 Å². The van der Waals surface area contributed by atoms with Crippen LogP contribution in [-0.2, 0) is 19.8 Å². The SMILES string of the molecule is CC(C)(C)OC(=O)N1C(=O)C2(C(c3ccccc3)=NOC2c2cccc(Cl)c2)c2ccccc21. The maximum Gasteiger partial charge on any atom is 0.421 e. The van der Waals surface area contributed by atoms with Crippen LogP contribution in [0, 0.1) is 0 Å². The molecule has 3 aromatic carbocycles. The summed E-state index contributed by atoms with van der Waals surface area (Å²) in [6.07, 6.45) is -1.58. The van der Waals surface area contributed by atoms with E-state index in [1.54, 1.807) is 51.1 Å². The molecule has 0 fully saturated rings. The fourth-order valence-corrected chi connectivity index (χ4v) is 4.81. The van der Waals surface area contributed by atoms with Crippen molar-refractivity contribution in [3.63, 3.8) is 0 Å². The van der Waals surface area contributed by atoms with Gasteiger partial charge in [-0.2, -0.15) is 0 Å². The van der Waals surface area contributed by atoms with Crippen LogP contribution in [0.3, 0.4) is 0 Å². The van der Waals surface area contributed by atoms with E-state index in [0.29, 0.717) is 27.5 Å². The normalized spacial score (nSPS) is 21.3. The zero-order chi connectivity index (χ0) is 24.1. The van der Waals surface area contributed by atoms with Crippen LogP contribution in [0.2, 0.25) is 5.02 Å². The zero-order valence-corrected chi connectivity index (χ0v) is 19.7. The van der Waals surface area contributed by atoms with Crippen molar-refractivity contribution in [3.05, 3.63) is 101 Å². The van der Waals surface area contributed by atoms with Gasteiger partial charge >= 0.3 is 6.09 Å². The van der Waals surface area contributed by atoms with Gasteiger partial charge in [0.2, 0.25) is 0 Å². The highest BCUT2D eigenvalue weighted by atomic mass is 35.5. The molecular weight excluding hydrogens is 452 g/mol. The van der Waals surface area contributed by atoms with Gasteiger partial charge in [-0.25, -0.2) is 9.69 Å². The van der Waals surface area contributed by atoms with Crippen LogP contribution < -0.4 is 4.90 Å². The Morgan fingerprint density at radius 3 is 2.44 bits per heavy atom. The van der Waals surface area contributed by atoms with Gasteiger partial charge in [0, 0.05) is 16.1 Å². The van der Waals surface area contributed by atoms with E-state index in [2.05, 4.69) is 5.16 Å². The van der Waals surface area contributed by atoms with Crippen LogP contribution in [0.25, 0.3) is 0 Å². The van der Waals surface area contributed by atoms with E-state index in [0.717, 1.165) is 10.5 Å². The van der Waals surface area contributed by atoms with Crippen LogP contribution in [-0.4, -0.2) is 23.3 Å². The largest absolute Gasteiger partial charge is 0.443 e. The molecule has 7 heteroatoms. The molecule has 34 heavy (non-hydrogen) atoms. The van der Waals surface area contributed by atoms with Gasteiger partial charge in [0.25, 0.3) is 5.91 Å². The first kappa shape index (κ1) is 22.2. The number of carbonyl (C=O) groups is 2. The monoisotopic (exact) mass is 474 g/mol. The predicted molar refractivity (Wildman–Crippen MR) is 130 cm³/mol. The number of halogens is 1. The highest BCUT2D eigenvalue weighted by Gasteiger charge is 2.65. The van der Waals surface area contributed by atoms with Gasteiger partial charge in [0.15, 0.2) is 11.5 Å². The minimum atomic E-state index is -1.40. The molecular formula is C27H23ClN2O4. The van der Waals surface area contributed by atoms with Crippen molar-refractivity contribution in [2.24, 2.45) is 5.16 Å². The minimum absolute atomic E-state index is 0.432. The van der Waals surface area contributed by atoms with Crippen LogP contribution in [0.4, 0.5) is 10.5 Å². The summed E-state index contributed by atoms with van der Waals surface area (Å²) in [6, 6.07) is 23.7. The molecule has 172 valence electrons. The lowest BCUT2D eigenvalue weighted by molar-refractivity contribution is -0.124. The Kier molecular flexibility index (Phi) is 5.21. The molecule has 0 saturated carbocycles. The summed E-state index contributed by atoms with van der Waals surface area (Å²) >= 11 is 6.30. The van der Waals surface area contributed by atoms with Crippen LogP contribution in [0.5, 0.6) is 0 Å². The molecule has 2 heterocycles. The average Bonchev–Trinajstić information content (AvgIpc) is 3.31. The van der Waals surface area contributed by atoms with Crippen LogP contribution >= 0.6 is 11.6 Å². The minimum Gasteiger partial charge on any atom is -0.443 e. The summed E-state index contributed by atoms with van der Waals surface area (Å²) in [4.78, 5) is 34.8.